The maximum absolute atomic E-state index is 6.32. The Balaban J connectivity index is 2.30. The van der Waals surface area contributed by atoms with Gasteiger partial charge in [-0.15, -0.1) is 0 Å². The topological polar surface area (TPSA) is 89.7 Å². The molecule has 0 saturated heterocycles. The first-order valence-corrected chi connectivity index (χ1v) is 5.87. The van der Waals surface area contributed by atoms with Crippen molar-refractivity contribution in [3.63, 3.8) is 0 Å². The Bertz CT molecular complexity index is 755. The molecule has 3 aromatic heterocycles. The molecule has 0 aliphatic heterocycles. The number of pyridine rings is 1. The van der Waals surface area contributed by atoms with Crippen molar-refractivity contribution in [3.8, 4) is 17.0 Å². The Labute approximate surface area is 113 Å². The van der Waals surface area contributed by atoms with Crippen molar-refractivity contribution in [2.45, 2.75) is 0 Å². The molecule has 0 atom stereocenters. The second-order valence-corrected chi connectivity index (χ2v) is 4.24. The van der Waals surface area contributed by atoms with Gasteiger partial charge in [0.05, 0.1) is 29.4 Å². The second kappa shape index (κ2) is 4.40. The summed E-state index contributed by atoms with van der Waals surface area (Å²) in [4.78, 5) is 15.3. The number of hydrogen-bond donors (Lipinski definition) is 2. The standard InChI is InChI=1S/C12H10ClN5O/c1-19-8-5-17-11-9(10(8)13)6(4-16-11)7-2-3-15-12(14)18-7/h2-5H,1H3,(H,16,17)(H2,14,15,18). The van der Waals surface area contributed by atoms with E-state index >= 15 is 0 Å². The molecular formula is C12H10ClN5O. The Kier molecular flexibility index (Phi) is 2.72. The van der Waals surface area contributed by atoms with E-state index in [-0.39, 0.29) is 5.95 Å². The smallest absolute Gasteiger partial charge is 0.220 e. The van der Waals surface area contributed by atoms with Gasteiger partial charge in [0, 0.05) is 18.0 Å². The fourth-order valence-electron chi connectivity index (χ4n) is 1.91. The van der Waals surface area contributed by atoms with Gasteiger partial charge in [-0.3, -0.25) is 0 Å². The van der Waals surface area contributed by atoms with Crippen LogP contribution in [0.5, 0.6) is 5.75 Å². The van der Waals surface area contributed by atoms with E-state index in [9.17, 15) is 0 Å². The molecule has 96 valence electrons. The van der Waals surface area contributed by atoms with Crippen LogP contribution in [0.15, 0.2) is 24.7 Å². The highest BCUT2D eigenvalue weighted by atomic mass is 35.5. The molecule has 0 spiro atoms. The van der Waals surface area contributed by atoms with Crippen molar-refractivity contribution in [2.24, 2.45) is 0 Å². The van der Waals surface area contributed by atoms with Crippen molar-refractivity contribution in [1.82, 2.24) is 19.9 Å². The summed E-state index contributed by atoms with van der Waals surface area (Å²) >= 11 is 6.32. The number of nitrogen functional groups attached to an aromatic ring is 1. The van der Waals surface area contributed by atoms with E-state index in [1.54, 1.807) is 31.8 Å². The van der Waals surface area contributed by atoms with Crippen LogP contribution in [-0.4, -0.2) is 27.0 Å². The van der Waals surface area contributed by atoms with Crippen LogP contribution in [0.3, 0.4) is 0 Å². The lowest BCUT2D eigenvalue weighted by atomic mass is 10.1. The van der Waals surface area contributed by atoms with Crippen LogP contribution in [0.4, 0.5) is 5.95 Å². The molecule has 3 heterocycles. The Morgan fingerprint density at radius 1 is 1.37 bits per heavy atom. The van der Waals surface area contributed by atoms with Gasteiger partial charge in [0.2, 0.25) is 5.95 Å². The van der Waals surface area contributed by atoms with Gasteiger partial charge in [-0.1, -0.05) is 11.6 Å². The Hall–Kier alpha value is -2.34. The monoisotopic (exact) mass is 275 g/mol. The van der Waals surface area contributed by atoms with Gasteiger partial charge >= 0.3 is 0 Å². The number of aromatic amines is 1. The van der Waals surface area contributed by atoms with Crippen molar-refractivity contribution in [2.75, 3.05) is 12.8 Å². The molecule has 0 aromatic carbocycles. The SMILES string of the molecule is COc1cnc2[nH]cc(-c3ccnc(N)n3)c2c1Cl. The van der Waals surface area contributed by atoms with Crippen LogP contribution in [-0.2, 0) is 0 Å². The summed E-state index contributed by atoms with van der Waals surface area (Å²) in [6.45, 7) is 0. The molecule has 3 aromatic rings. The summed E-state index contributed by atoms with van der Waals surface area (Å²) < 4.78 is 5.17. The Morgan fingerprint density at radius 2 is 2.21 bits per heavy atom. The molecule has 7 heteroatoms. The summed E-state index contributed by atoms with van der Waals surface area (Å²) in [7, 11) is 1.55. The number of ether oxygens (including phenoxy) is 1. The molecule has 0 aliphatic rings. The van der Waals surface area contributed by atoms with E-state index in [0.717, 1.165) is 10.9 Å². The lowest BCUT2D eigenvalue weighted by Gasteiger charge is -2.05. The fraction of sp³-hybridized carbons (Fsp3) is 0.0833. The molecule has 0 aliphatic carbocycles. The normalized spacial score (nSPS) is 10.8. The summed E-state index contributed by atoms with van der Waals surface area (Å²) in [5.74, 6) is 0.718. The quantitative estimate of drug-likeness (QED) is 0.749. The fourth-order valence-corrected chi connectivity index (χ4v) is 2.22. The van der Waals surface area contributed by atoms with E-state index in [0.29, 0.717) is 22.1 Å². The highest BCUT2D eigenvalue weighted by Crippen LogP contribution is 2.37. The zero-order valence-corrected chi connectivity index (χ0v) is 10.8. The van der Waals surface area contributed by atoms with Gasteiger partial charge in [0.15, 0.2) is 5.75 Å². The molecule has 0 saturated carbocycles. The van der Waals surface area contributed by atoms with Crippen LogP contribution in [0.2, 0.25) is 5.02 Å². The summed E-state index contributed by atoms with van der Waals surface area (Å²) in [6.07, 6.45) is 4.95. The first kappa shape index (κ1) is 11.7. The van der Waals surface area contributed by atoms with Crippen molar-refractivity contribution < 1.29 is 4.74 Å². The van der Waals surface area contributed by atoms with E-state index < -0.39 is 0 Å². The van der Waals surface area contributed by atoms with Gasteiger partial charge in [-0.05, 0) is 6.07 Å². The predicted octanol–water partition coefficient (Wildman–Crippen LogP) is 2.26. The summed E-state index contributed by atoms with van der Waals surface area (Å²) in [6, 6.07) is 1.76. The molecular weight excluding hydrogens is 266 g/mol. The number of anilines is 1. The zero-order chi connectivity index (χ0) is 13.4. The van der Waals surface area contributed by atoms with E-state index in [1.165, 1.54) is 0 Å². The van der Waals surface area contributed by atoms with Crippen molar-refractivity contribution in [3.05, 3.63) is 29.7 Å². The number of nitrogens with zero attached hydrogens (tertiary/aromatic N) is 3. The Morgan fingerprint density at radius 3 is 2.95 bits per heavy atom. The third-order valence-corrected chi connectivity index (χ3v) is 3.15. The average molecular weight is 276 g/mol. The number of hydrogen-bond acceptors (Lipinski definition) is 5. The van der Waals surface area contributed by atoms with Crippen LogP contribution in [0.1, 0.15) is 0 Å². The third-order valence-electron chi connectivity index (χ3n) is 2.78. The van der Waals surface area contributed by atoms with E-state index in [2.05, 4.69) is 19.9 Å². The lowest BCUT2D eigenvalue weighted by Crippen LogP contribution is -1.95. The first-order chi connectivity index (χ1) is 9.20. The van der Waals surface area contributed by atoms with Crippen LogP contribution < -0.4 is 10.5 Å². The van der Waals surface area contributed by atoms with Gasteiger partial charge in [0.1, 0.15) is 5.65 Å². The van der Waals surface area contributed by atoms with Gasteiger partial charge in [-0.2, -0.15) is 0 Å². The average Bonchev–Trinajstić information content (AvgIpc) is 2.84. The highest BCUT2D eigenvalue weighted by Gasteiger charge is 2.15. The minimum Gasteiger partial charge on any atom is -0.494 e. The molecule has 0 unspecified atom stereocenters. The van der Waals surface area contributed by atoms with Crippen LogP contribution >= 0.6 is 11.6 Å². The van der Waals surface area contributed by atoms with Gasteiger partial charge in [-0.25, -0.2) is 15.0 Å². The van der Waals surface area contributed by atoms with E-state index in [1.807, 2.05) is 0 Å². The largest absolute Gasteiger partial charge is 0.494 e. The number of nitrogens with one attached hydrogen (secondary N) is 1. The summed E-state index contributed by atoms with van der Waals surface area (Å²) in [5.41, 5.74) is 7.74. The van der Waals surface area contributed by atoms with Crippen LogP contribution in [0.25, 0.3) is 22.3 Å². The lowest BCUT2D eigenvalue weighted by molar-refractivity contribution is 0.414. The zero-order valence-electron chi connectivity index (χ0n) is 10.0. The second-order valence-electron chi connectivity index (χ2n) is 3.87. The third kappa shape index (κ3) is 1.86. The van der Waals surface area contributed by atoms with Crippen molar-refractivity contribution >= 4 is 28.6 Å². The maximum Gasteiger partial charge on any atom is 0.220 e. The molecule has 19 heavy (non-hydrogen) atoms. The number of H-pyrrole nitrogens is 1. The maximum atomic E-state index is 6.32. The number of nitrogens with two attached hydrogens (primary N) is 1. The van der Waals surface area contributed by atoms with Crippen LogP contribution in [0, 0.1) is 0 Å². The molecule has 3 rings (SSSR count). The first-order valence-electron chi connectivity index (χ1n) is 5.49. The van der Waals surface area contributed by atoms with Gasteiger partial charge < -0.3 is 15.5 Å². The molecule has 0 fully saturated rings. The predicted molar refractivity (Wildman–Crippen MR) is 73.1 cm³/mol. The summed E-state index contributed by atoms with van der Waals surface area (Å²) in [5, 5.41) is 1.24. The number of halogens is 1. The molecule has 0 amide bonds. The molecule has 6 nitrogen and oxygen atoms in total. The van der Waals surface area contributed by atoms with E-state index in [4.69, 9.17) is 22.1 Å². The number of rotatable bonds is 2. The van der Waals surface area contributed by atoms with Gasteiger partial charge in [0.25, 0.3) is 0 Å². The minimum atomic E-state index is 0.207. The number of aromatic nitrogens is 4. The molecule has 3 N–H and O–H groups in total. The highest BCUT2D eigenvalue weighted by molar-refractivity contribution is 6.37. The number of methoxy groups -OCH3 is 1. The minimum absolute atomic E-state index is 0.207. The molecule has 0 bridgehead atoms. The van der Waals surface area contributed by atoms with Crippen molar-refractivity contribution in [1.29, 1.82) is 0 Å². The molecule has 0 radical (unpaired) electrons. The number of fused-ring (bicyclic) bond motifs is 1.